The van der Waals surface area contributed by atoms with E-state index in [9.17, 15) is 0 Å². The van der Waals surface area contributed by atoms with Gasteiger partial charge in [0, 0.05) is 34.6 Å². The molecule has 0 amide bonds. The highest BCUT2D eigenvalue weighted by molar-refractivity contribution is 7.11. The fourth-order valence-corrected chi connectivity index (χ4v) is 2.64. The fraction of sp³-hybridized carbons (Fsp3) is 0.333. The highest BCUT2D eigenvalue weighted by atomic mass is 32.1. The molecule has 0 fully saturated rings. The Morgan fingerprint density at radius 2 is 2.00 bits per heavy atom. The van der Waals surface area contributed by atoms with Crippen LogP contribution >= 0.6 is 11.3 Å². The average molecular weight is 205 g/mol. The van der Waals surface area contributed by atoms with Crippen LogP contribution in [-0.4, -0.2) is 4.57 Å². The van der Waals surface area contributed by atoms with Crippen molar-refractivity contribution in [2.75, 3.05) is 0 Å². The third-order valence-corrected chi connectivity index (χ3v) is 3.45. The Balaban J connectivity index is 2.05. The molecule has 0 aliphatic heterocycles. The number of rotatable bonds is 3. The van der Waals surface area contributed by atoms with Gasteiger partial charge in [0.25, 0.3) is 0 Å². The molecule has 74 valence electrons. The summed E-state index contributed by atoms with van der Waals surface area (Å²) in [6.07, 6.45) is 5.39. The van der Waals surface area contributed by atoms with Crippen LogP contribution < -0.4 is 0 Å². The third-order valence-electron chi connectivity index (χ3n) is 2.43. The van der Waals surface area contributed by atoms with Gasteiger partial charge in [0.2, 0.25) is 0 Å². The average Bonchev–Trinajstić information content (AvgIpc) is 2.75. The summed E-state index contributed by atoms with van der Waals surface area (Å²) in [5.74, 6) is 0. The third kappa shape index (κ3) is 2.07. The van der Waals surface area contributed by atoms with Gasteiger partial charge < -0.3 is 4.57 Å². The van der Waals surface area contributed by atoms with Crippen LogP contribution in [0.5, 0.6) is 0 Å². The van der Waals surface area contributed by atoms with Crippen LogP contribution in [0.3, 0.4) is 0 Å². The zero-order valence-electron chi connectivity index (χ0n) is 8.60. The van der Waals surface area contributed by atoms with E-state index in [2.05, 4.69) is 55.1 Å². The van der Waals surface area contributed by atoms with Crippen LogP contribution in [0.15, 0.2) is 36.7 Å². The van der Waals surface area contributed by atoms with Crippen molar-refractivity contribution < 1.29 is 0 Å². The van der Waals surface area contributed by atoms with E-state index in [-0.39, 0.29) is 0 Å². The monoisotopic (exact) mass is 205 g/mol. The van der Waals surface area contributed by atoms with E-state index in [0.717, 1.165) is 6.42 Å². The van der Waals surface area contributed by atoms with Crippen molar-refractivity contribution in [2.45, 2.75) is 26.3 Å². The SMILES string of the molecule is Cc1ccc(CC(C)n2cccc2)s1. The lowest BCUT2D eigenvalue weighted by molar-refractivity contribution is 0.551. The first kappa shape index (κ1) is 9.53. The first-order valence-corrected chi connectivity index (χ1v) is 5.75. The minimum absolute atomic E-state index is 0.558. The molecule has 1 atom stereocenters. The maximum Gasteiger partial charge on any atom is 0.0350 e. The first-order chi connectivity index (χ1) is 6.75. The van der Waals surface area contributed by atoms with Gasteiger partial charge in [0.05, 0.1) is 0 Å². The lowest BCUT2D eigenvalue weighted by Crippen LogP contribution is -2.04. The Kier molecular flexibility index (Phi) is 2.73. The minimum Gasteiger partial charge on any atom is -0.351 e. The van der Waals surface area contributed by atoms with E-state index in [1.165, 1.54) is 9.75 Å². The molecule has 1 unspecified atom stereocenters. The maximum atomic E-state index is 2.26. The number of aromatic nitrogens is 1. The Labute approximate surface area is 89.0 Å². The van der Waals surface area contributed by atoms with Crippen molar-refractivity contribution in [2.24, 2.45) is 0 Å². The molecule has 0 aromatic carbocycles. The molecule has 0 saturated heterocycles. The van der Waals surface area contributed by atoms with E-state index in [0.29, 0.717) is 6.04 Å². The van der Waals surface area contributed by atoms with E-state index >= 15 is 0 Å². The van der Waals surface area contributed by atoms with Gasteiger partial charge in [-0.1, -0.05) is 0 Å². The highest BCUT2D eigenvalue weighted by Crippen LogP contribution is 2.21. The summed E-state index contributed by atoms with van der Waals surface area (Å²) in [7, 11) is 0. The van der Waals surface area contributed by atoms with Crippen molar-refractivity contribution in [1.29, 1.82) is 0 Å². The zero-order chi connectivity index (χ0) is 9.97. The summed E-state index contributed by atoms with van der Waals surface area (Å²) in [4.78, 5) is 2.88. The summed E-state index contributed by atoms with van der Waals surface area (Å²) in [6, 6.07) is 9.15. The molecular weight excluding hydrogens is 190 g/mol. The molecule has 0 N–H and O–H groups in total. The van der Waals surface area contributed by atoms with Gasteiger partial charge in [-0.05, 0) is 38.1 Å². The van der Waals surface area contributed by atoms with Crippen LogP contribution in [0.1, 0.15) is 22.7 Å². The van der Waals surface area contributed by atoms with Crippen LogP contribution in [0.25, 0.3) is 0 Å². The standard InChI is InChI=1S/C12H15NS/c1-10(13-7-3-4-8-13)9-12-6-5-11(2)14-12/h3-8,10H,9H2,1-2H3. The number of aryl methyl sites for hydroxylation is 1. The van der Waals surface area contributed by atoms with Crippen molar-refractivity contribution >= 4 is 11.3 Å². The summed E-state index contributed by atoms with van der Waals surface area (Å²) < 4.78 is 2.26. The number of thiophene rings is 1. The second kappa shape index (κ2) is 4.01. The molecule has 2 aromatic heterocycles. The van der Waals surface area contributed by atoms with Gasteiger partial charge in [0.15, 0.2) is 0 Å². The fourth-order valence-electron chi connectivity index (χ4n) is 1.63. The molecule has 2 heteroatoms. The molecule has 0 aliphatic carbocycles. The summed E-state index contributed by atoms with van der Waals surface area (Å²) in [5.41, 5.74) is 0. The number of nitrogens with zero attached hydrogens (tertiary/aromatic N) is 1. The van der Waals surface area contributed by atoms with E-state index < -0.39 is 0 Å². The van der Waals surface area contributed by atoms with Crippen molar-refractivity contribution in [3.8, 4) is 0 Å². The molecule has 0 saturated carbocycles. The summed E-state index contributed by atoms with van der Waals surface area (Å²) >= 11 is 1.90. The molecule has 0 spiro atoms. The molecule has 2 rings (SSSR count). The van der Waals surface area contributed by atoms with E-state index in [1.807, 2.05) is 11.3 Å². The normalized spacial score (nSPS) is 13.0. The van der Waals surface area contributed by atoms with Gasteiger partial charge in [-0.15, -0.1) is 11.3 Å². The Morgan fingerprint density at radius 1 is 1.29 bits per heavy atom. The molecule has 1 nitrogen and oxygen atoms in total. The Hall–Kier alpha value is -1.02. The second-order valence-electron chi connectivity index (χ2n) is 3.70. The highest BCUT2D eigenvalue weighted by Gasteiger charge is 2.05. The van der Waals surface area contributed by atoms with Crippen molar-refractivity contribution in [1.82, 2.24) is 4.57 Å². The Morgan fingerprint density at radius 3 is 2.57 bits per heavy atom. The second-order valence-corrected chi connectivity index (χ2v) is 5.07. The smallest absolute Gasteiger partial charge is 0.0350 e. The van der Waals surface area contributed by atoms with Gasteiger partial charge in [-0.3, -0.25) is 0 Å². The first-order valence-electron chi connectivity index (χ1n) is 4.93. The summed E-state index contributed by atoms with van der Waals surface area (Å²) in [6.45, 7) is 4.42. The molecular formula is C12H15NS. The minimum atomic E-state index is 0.558. The van der Waals surface area contributed by atoms with Gasteiger partial charge in [-0.2, -0.15) is 0 Å². The quantitative estimate of drug-likeness (QED) is 0.720. The van der Waals surface area contributed by atoms with Gasteiger partial charge in [0.1, 0.15) is 0 Å². The van der Waals surface area contributed by atoms with E-state index in [1.54, 1.807) is 0 Å². The molecule has 14 heavy (non-hydrogen) atoms. The zero-order valence-corrected chi connectivity index (χ0v) is 9.42. The number of hydrogen-bond donors (Lipinski definition) is 0. The summed E-state index contributed by atoms with van der Waals surface area (Å²) in [5, 5.41) is 0. The predicted octanol–water partition coefficient (Wildman–Crippen LogP) is 3.66. The predicted molar refractivity (Wildman–Crippen MR) is 61.9 cm³/mol. The van der Waals surface area contributed by atoms with Crippen LogP contribution in [-0.2, 0) is 6.42 Å². The molecule has 0 aliphatic rings. The maximum absolute atomic E-state index is 2.26. The Bertz CT molecular complexity index is 386. The number of hydrogen-bond acceptors (Lipinski definition) is 1. The topological polar surface area (TPSA) is 4.93 Å². The molecule has 2 heterocycles. The van der Waals surface area contributed by atoms with Gasteiger partial charge >= 0.3 is 0 Å². The molecule has 2 aromatic rings. The van der Waals surface area contributed by atoms with Crippen LogP contribution in [0.2, 0.25) is 0 Å². The largest absolute Gasteiger partial charge is 0.351 e. The molecule has 0 bridgehead atoms. The van der Waals surface area contributed by atoms with Gasteiger partial charge in [-0.25, -0.2) is 0 Å². The van der Waals surface area contributed by atoms with Crippen molar-refractivity contribution in [3.63, 3.8) is 0 Å². The van der Waals surface area contributed by atoms with Crippen LogP contribution in [0, 0.1) is 6.92 Å². The lowest BCUT2D eigenvalue weighted by Gasteiger charge is -2.11. The van der Waals surface area contributed by atoms with E-state index in [4.69, 9.17) is 0 Å². The molecule has 0 radical (unpaired) electrons. The van der Waals surface area contributed by atoms with Crippen LogP contribution in [0.4, 0.5) is 0 Å². The lowest BCUT2D eigenvalue weighted by atomic mass is 10.2. The van der Waals surface area contributed by atoms with Crippen molar-refractivity contribution in [3.05, 3.63) is 46.4 Å².